The van der Waals surface area contributed by atoms with Gasteiger partial charge in [0.2, 0.25) is 0 Å². The fourth-order valence-corrected chi connectivity index (χ4v) is 4.17. The van der Waals surface area contributed by atoms with Gasteiger partial charge in [0.1, 0.15) is 0 Å². The molecule has 100 valence electrons. The van der Waals surface area contributed by atoms with Gasteiger partial charge in [-0.05, 0) is 48.6 Å². The van der Waals surface area contributed by atoms with Gasteiger partial charge in [-0.3, -0.25) is 4.90 Å². The maximum absolute atomic E-state index is 6.02. The van der Waals surface area contributed by atoms with Crippen molar-refractivity contribution in [2.45, 2.75) is 19.0 Å². The van der Waals surface area contributed by atoms with E-state index in [0.29, 0.717) is 6.04 Å². The molecule has 0 saturated carbocycles. The summed E-state index contributed by atoms with van der Waals surface area (Å²) in [5.41, 5.74) is 7.22. The summed E-state index contributed by atoms with van der Waals surface area (Å²) < 4.78 is 0. The molecule has 1 aromatic carbocycles. The summed E-state index contributed by atoms with van der Waals surface area (Å²) in [7, 11) is 2.17. The molecule has 1 aromatic rings. The van der Waals surface area contributed by atoms with Gasteiger partial charge in [0.05, 0.1) is 0 Å². The average molecular weight is 285 g/mol. The lowest BCUT2D eigenvalue weighted by Gasteiger charge is -2.31. The van der Waals surface area contributed by atoms with Crippen molar-refractivity contribution >= 4 is 23.4 Å². The Morgan fingerprint density at radius 1 is 1.56 bits per heavy atom. The van der Waals surface area contributed by atoms with Crippen molar-refractivity contribution in [1.29, 1.82) is 0 Å². The lowest BCUT2D eigenvalue weighted by molar-refractivity contribution is 0.184. The van der Waals surface area contributed by atoms with Crippen molar-refractivity contribution in [3.05, 3.63) is 34.9 Å². The van der Waals surface area contributed by atoms with Crippen LogP contribution in [0.3, 0.4) is 0 Å². The fourth-order valence-electron chi connectivity index (χ4n) is 2.63. The van der Waals surface area contributed by atoms with E-state index in [-0.39, 0.29) is 0 Å². The van der Waals surface area contributed by atoms with E-state index in [1.165, 1.54) is 23.5 Å². The van der Waals surface area contributed by atoms with E-state index in [0.717, 1.165) is 24.0 Å². The van der Waals surface area contributed by atoms with Crippen molar-refractivity contribution in [1.82, 2.24) is 4.90 Å². The predicted molar refractivity (Wildman–Crippen MR) is 81.2 cm³/mol. The van der Waals surface area contributed by atoms with Gasteiger partial charge in [0.15, 0.2) is 0 Å². The summed E-state index contributed by atoms with van der Waals surface area (Å²) in [5, 5.41) is 0.807. The Hall–Kier alpha value is -0.220. The van der Waals surface area contributed by atoms with E-state index in [1.54, 1.807) is 0 Å². The van der Waals surface area contributed by atoms with Crippen LogP contribution >= 0.6 is 23.4 Å². The molecule has 1 aliphatic rings. The third-order valence-electron chi connectivity index (χ3n) is 3.64. The van der Waals surface area contributed by atoms with Gasteiger partial charge < -0.3 is 5.73 Å². The maximum Gasteiger partial charge on any atom is 0.0409 e. The van der Waals surface area contributed by atoms with Crippen LogP contribution in [0.5, 0.6) is 0 Å². The van der Waals surface area contributed by atoms with E-state index in [2.05, 4.69) is 18.0 Å². The third kappa shape index (κ3) is 3.64. The maximum atomic E-state index is 6.02. The van der Waals surface area contributed by atoms with Gasteiger partial charge in [-0.2, -0.15) is 11.8 Å². The van der Waals surface area contributed by atoms with Crippen molar-refractivity contribution in [3.8, 4) is 0 Å². The lowest BCUT2D eigenvalue weighted by Crippen LogP contribution is -2.43. The first-order valence-electron chi connectivity index (χ1n) is 6.43. The minimum absolute atomic E-state index is 0.485. The van der Waals surface area contributed by atoms with Crippen molar-refractivity contribution in [3.63, 3.8) is 0 Å². The van der Waals surface area contributed by atoms with Crippen LogP contribution in [0.2, 0.25) is 5.02 Å². The second-order valence-corrected chi connectivity index (χ2v) is 6.56. The number of halogens is 1. The molecule has 1 heterocycles. The molecule has 4 heteroatoms. The Kier molecular flexibility index (Phi) is 5.37. The normalized spacial score (nSPS) is 21.4. The molecule has 2 N–H and O–H groups in total. The molecular formula is C14H21ClN2S. The molecule has 2 nitrogen and oxygen atoms in total. The molecule has 0 spiro atoms. The smallest absolute Gasteiger partial charge is 0.0409 e. The third-order valence-corrected chi connectivity index (χ3v) is 5.06. The molecule has 0 aromatic heterocycles. The lowest BCUT2D eigenvalue weighted by atomic mass is 9.97. The van der Waals surface area contributed by atoms with Crippen LogP contribution in [-0.4, -0.2) is 36.0 Å². The highest BCUT2D eigenvalue weighted by molar-refractivity contribution is 7.99. The Labute approximate surface area is 119 Å². The Balaban J connectivity index is 1.98. The molecule has 2 atom stereocenters. The average Bonchev–Trinajstić information content (AvgIpc) is 2.83. The highest BCUT2D eigenvalue weighted by Crippen LogP contribution is 2.28. The van der Waals surface area contributed by atoms with E-state index in [4.69, 9.17) is 17.3 Å². The number of nitrogens with two attached hydrogens (primary N) is 1. The van der Waals surface area contributed by atoms with Crippen LogP contribution in [0.15, 0.2) is 24.3 Å². The van der Waals surface area contributed by atoms with E-state index >= 15 is 0 Å². The largest absolute Gasteiger partial charge is 0.329 e. The minimum atomic E-state index is 0.485. The summed E-state index contributed by atoms with van der Waals surface area (Å²) in [6, 6.07) is 8.57. The molecular weight excluding hydrogens is 264 g/mol. The number of hydrogen-bond acceptors (Lipinski definition) is 3. The van der Waals surface area contributed by atoms with E-state index in [1.807, 2.05) is 30.0 Å². The molecule has 1 fully saturated rings. The van der Waals surface area contributed by atoms with Crippen LogP contribution in [0.25, 0.3) is 0 Å². The molecule has 1 saturated heterocycles. The second-order valence-electron chi connectivity index (χ2n) is 4.97. The van der Waals surface area contributed by atoms with Crippen LogP contribution in [0.1, 0.15) is 12.0 Å². The molecule has 0 bridgehead atoms. The zero-order valence-corrected chi connectivity index (χ0v) is 12.4. The number of rotatable bonds is 5. The standard InChI is InChI=1S/C14H21ClN2S/c1-17(9-11-3-2-4-13(15)7-11)14(8-16)12-5-6-18-10-12/h2-4,7,12,14H,5-6,8-10,16H2,1H3. The van der Waals surface area contributed by atoms with Crippen LogP contribution in [0, 0.1) is 5.92 Å². The minimum Gasteiger partial charge on any atom is -0.329 e. The zero-order valence-electron chi connectivity index (χ0n) is 10.8. The van der Waals surface area contributed by atoms with Gasteiger partial charge in [-0.1, -0.05) is 23.7 Å². The van der Waals surface area contributed by atoms with E-state index in [9.17, 15) is 0 Å². The first-order chi connectivity index (χ1) is 8.70. The number of hydrogen-bond donors (Lipinski definition) is 1. The van der Waals surface area contributed by atoms with Crippen LogP contribution in [0.4, 0.5) is 0 Å². The first kappa shape index (κ1) is 14.2. The summed E-state index contributed by atoms with van der Waals surface area (Å²) in [4.78, 5) is 2.38. The Bertz CT molecular complexity index is 380. The quantitative estimate of drug-likeness (QED) is 0.902. The van der Waals surface area contributed by atoms with E-state index < -0.39 is 0 Å². The Morgan fingerprint density at radius 3 is 3.00 bits per heavy atom. The number of benzene rings is 1. The SMILES string of the molecule is CN(Cc1cccc(Cl)c1)C(CN)C1CCSC1. The van der Waals surface area contributed by atoms with Gasteiger partial charge in [0.25, 0.3) is 0 Å². The highest BCUT2D eigenvalue weighted by Gasteiger charge is 2.27. The van der Waals surface area contributed by atoms with Gasteiger partial charge >= 0.3 is 0 Å². The first-order valence-corrected chi connectivity index (χ1v) is 7.96. The number of thioether (sulfide) groups is 1. The molecule has 2 rings (SSSR count). The summed E-state index contributed by atoms with van der Waals surface area (Å²) in [6.07, 6.45) is 1.30. The zero-order chi connectivity index (χ0) is 13.0. The van der Waals surface area contributed by atoms with Crippen LogP contribution in [-0.2, 0) is 6.54 Å². The Morgan fingerprint density at radius 2 is 2.39 bits per heavy atom. The molecule has 0 amide bonds. The molecule has 0 radical (unpaired) electrons. The summed E-state index contributed by atoms with van der Waals surface area (Å²) in [6.45, 7) is 1.66. The molecule has 1 aliphatic heterocycles. The monoisotopic (exact) mass is 284 g/mol. The molecule has 18 heavy (non-hydrogen) atoms. The number of nitrogens with zero attached hydrogens (tertiary/aromatic N) is 1. The number of likely N-dealkylation sites (N-methyl/N-ethyl adjacent to an activating group) is 1. The van der Waals surface area contributed by atoms with Crippen molar-refractivity contribution in [2.75, 3.05) is 25.1 Å². The van der Waals surface area contributed by atoms with Gasteiger partial charge in [-0.15, -0.1) is 0 Å². The predicted octanol–water partition coefficient (Wildman–Crippen LogP) is 2.85. The van der Waals surface area contributed by atoms with Crippen molar-refractivity contribution < 1.29 is 0 Å². The highest BCUT2D eigenvalue weighted by atomic mass is 35.5. The summed E-state index contributed by atoms with van der Waals surface area (Å²) >= 11 is 8.07. The van der Waals surface area contributed by atoms with Crippen molar-refractivity contribution in [2.24, 2.45) is 11.7 Å². The topological polar surface area (TPSA) is 29.3 Å². The summed E-state index contributed by atoms with van der Waals surface area (Å²) in [5.74, 6) is 3.28. The second kappa shape index (κ2) is 6.80. The van der Waals surface area contributed by atoms with Gasteiger partial charge in [-0.25, -0.2) is 0 Å². The molecule has 0 aliphatic carbocycles. The molecule has 2 unspecified atom stereocenters. The fraction of sp³-hybridized carbons (Fsp3) is 0.571. The van der Waals surface area contributed by atoms with Crippen LogP contribution < -0.4 is 5.73 Å². The van der Waals surface area contributed by atoms with Gasteiger partial charge in [0, 0.05) is 24.2 Å².